The van der Waals surface area contributed by atoms with Crippen LogP contribution in [0.1, 0.15) is 12.8 Å². The van der Waals surface area contributed by atoms with Crippen LogP contribution in [0.4, 0.5) is 10.2 Å². The standard InChI is InChI=1S/C23H25FN6O3/c1-29-6-5-13(8-20(29)32)12-3-4-15(18(31)7-12)22-25-11-19(27-28-22)30(2)17-10-14-9-16(24)21(17)23(33)26-14/h3-8,11,14,16-17,21,23,26,31,33H,9-10H2,1-2H3/t14?,16-,17+,21?,23+/m1/s1. The van der Waals surface area contributed by atoms with E-state index >= 15 is 0 Å². The van der Waals surface area contributed by atoms with Gasteiger partial charge in [-0.2, -0.15) is 0 Å². The highest BCUT2D eigenvalue weighted by molar-refractivity contribution is 5.72. The maximum atomic E-state index is 14.5. The van der Waals surface area contributed by atoms with Crippen molar-refractivity contribution in [3.8, 4) is 28.3 Å². The third kappa shape index (κ3) is 3.85. The molecule has 10 heteroatoms. The summed E-state index contributed by atoms with van der Waals surface area (Å²) in [5.74, 6) is 0.130. The molecule has 2 unspecified atom stereocenters. The number of hydrogen-bond donors (Lipinski definition) is 3. The number of piperidine rings is 2. The zero-order valence-corrected chi connectivity index (χ0v) is 18.3. The third-order valence-corrected chi connectivity index (χ3v) is 6.75. The van der Waals surface area contributed by atoms with E-state index in [1.54, 1.807) is 44.6 Å². The first-order valence-corrected chi connectivity index (χ1v) is 10.8. The third-order valence-electron chi connectivity index (χ3n) is 6.75. The number of aliphatic hydroxyl groups excluding tert-OH is 1. The maximum Gasteiger partial charge on any atom is 0.250 e. The van der Waals surface area contributed by atoms with Crippen molar-refractivity contribution in [2.75, 3.05) is 11.9 Å². The molecule has 3 N–H and O–H groups in total. The summed E-state index contributed by atoms with van der Waals surface area (Å²) in [5.41, 5.74) is 1.65. The van der Waals surface area contributed by atoms with E-state index in [0.29, 0.717) is 35.3 Å². The molecule has 172 valence electrons. The van der Waals surface area contributed by atoms with Crippen molar-refractivity contribution >= 4 is 5.82 Å². The van der Waals surface area contributed by atoms with Crippen LogP contribution in [0, 0.1) is 5.92 Å². The van der Waals surface area contributed by atoms with Gasteiger partial charge in [-0.25, -0.2) is 9.37 Å². The monoisotopic (exact) mass is 452 g/mol. The predicted molar refractivity (Wildman–Crippen MR) is 120 cm³/mol. The molecule has 9 nitrogen and oxygen atoms in total. The minimum Gasteiger partial charge on any atom is -0.507 e. The number of aliphatic hydroxyl groups is 1. The molecule has 3 aliphatic rings. The van der Waals surface area contributed by atoms with Crippen LogP contribution in [-0.2, 0) is 7.05 Å². The Hall–Kier alpha value is -3.37. The Balaban J connectivity index is 1.37. The van der Waals surface area contributed by atoms with Gasteiger partial charge in [0.1, 0.15) is 18.1 Å². The minimum absolute atomic E-state index is 0.0323. The van der Waals surface area contributed by atoms with Crippen molar-refractivity contribution < 1.29 is 14.6 Å². The van der Waals surface area contributed by atoms with E-state index < -0.39 is 18.3 Å². The van der Waals surface area contributed by atoms with Gasteiger partial charge in [-0.3, -0.25) is 10.1 Å². The van der Waals surface area contributed by atoms with Gasteiger partial charge in [0, 0.05) is 38.4 Å². The normalized spacial score (nSPS) is 26.4. The fourth-order valence-electron chi connectivity index (χ4n) is 4.88. The van der Waals surface area contributed by atoms with Gasteiger partial charge in [0.05, 0.1) is 17.7 Å². The molecule has 2 aromatic heterocycles. The number of hydrogen-bond acceptors (Lipinski definition) is 8. The molecule has 3 fully saturated rings. The summed E-state index contributed by atoms with van der Waals surface area (Å²) in [6, 6.07) is 8.02. The van der Waals surface area contributed by atoms with E-state index in [2.05, 4.69) is 20.5 Å². The Morgan fingerprint density at radius 2 is 1.97 bits per heavy atom. The fourth-order valence-corrected chi connectivity index (χ4v) is 4.88. The van der Waals surface area contributed by atoms with Crippen LogP contribution in [0.2, 0.25) is 0 Å². The second kappa shape index (κ2) is 8.20. The van der Waals surface area contributed by atoms with E-state index in [-0.39, 0.29) is 29.2 Å². The van der Waals surface area contributed by atoms with Crippen molar-refractivity contribution in [2.45, 2.75) is 37.3 Å². The van der Waals surface area contributed by atoms with Crippen LogP contribution in [0.3, 0.4) is 0 Å². The highest BCUT2D eigenvalue weighted by Crippen LogP contribution is 2.38. The van der Waals surface area contributed by atoms with Gasteiger partial charge in [0.25, 0.3) is 5.56 Å². The van der Waals surface area contributed by atoms with Crippen molar-refractivity contribution in [1.29, 1.82) is 0 Å². The molecule has 33 heavy (non-hydrogen) atoms. The van der Waals surface area contributed by atoms with E-state index in [0.717, 1.165) is 0 Å². The average molecular weight is 452 g/mol. The number of aryl methyl sites for hydroxylation is 1. The number of aromatic nitrogens is 4. The molecule has 0 spiro atoms. The highest BCUT2D eigenvalue weighted by Gasteiger charge is 2.49. The van der Waals surface area contributed by atoms with Crippen LogP contribution in [0.5, 0.6) is 5.75 Å². The fraction of sp³-hybridized carbons (Fsp3) is 0.391. The van der Waals surface area contributed by atoms with Crippen molar-refractivity contribution in [3.05, 3.63) is 53.1 Å². The predicted octanol–water partition coefficient (Wildman–Crippen LogP) is 1.45. The first-order chi connectivity index (χ1) is 15.8. The summed E-state index contributed by atoms with van der Waals surface area (Å²) in [7, 11) is 3.47. The van der Waals surface area contributed by atoms with E-state index in [1.807, 2.05) is 4.90 Å². The summed E-state index contributed by atoms with van der Waals surface area (Å²) in [6.45, 7) is 0. The number of aromatic hydroxyl groups is 1. The molecule has 2 aliphatic heterocycles. The molecule has 3 aromatic rings. The second-order valence-electron chi connectivity index (χ2n) is 8.79. The van der Waals surface area contributed by atoms with Crippen molar-refractivity contribution in [1.82, 2.24) is 25.1 Å². The lowest BCUT2D eigenvalue weighted by Crippen LogP contribution is -2.66. The van der Waals surface area contributed by atoms with Gasteiger partial charge in [-0.15, -0.1) is 10.2 Å². The first-order valence-electron chi connectivity index (χ1n) is 10.8. The smallest absolute Gasteiger partial charge is 0.250 e. The lowest BCUT2D eigenvalue weighted by atomic mass is 9.74. The molecule has 2 bridgehead atoms. The second-order valence-corrected chi connectivity index (χ2v) is 8.79. The molecule has 6 rings (SSSR count). The van der Waals surface area contributed by atoms with Crippen LogP contribution in [0.25, 0.3) is 22.5 Å². The lowest BCUT2D eigenvalue weighted by molar-refractivity contribution is -0.0649. The molecule has 1 saturated carbocycles. The zero-order valence-electron chi connectivity index (χ0n) is 18.3. The van der Waals surface area contributed by atoms with Crippen LogP contribution in [0.15, 0.2) is 47.5 Å². The summed E-state index contributed by atoms with van der Waals surface area (Å²) in [5, 5.41) is 32.2. The number of alkyl halides is 1. The molecular formula is C23H25FN6O3. The Morgan fingerprint density at radius 3 is 2.61 bits per heavy atom. The van der Waals surface area contributed by atoms with E-state index in [4.69, 9.17) is 0 Å². The molecule has 4 heterocycles. The molecule has 0 amide bonds. The quantitative estimate of drug-likeness (QED) is 0.545. The number of benzene rings is 1. The Kier molecular flexibility index (Phi) is 5.34. The summed E-state index contributed by atoms with van der Waals surface area (Å²) < 4.78 is 15.9. The Morgan fingerprint density at radius 1 is 1.18 bits per heavy atom. The number of phenolic OH excluding ortho intramolecular Hbond substituents is 1. The van der Waals surface area contributed by atoms with E-state index in [1.165, 1.54) is 16.8 Å². The first kappa shape index (κ1) is 21.5. The molecule has 1 aromatic carbocycles. The number of nitrogens with one attached hydrogen (secondary N) is 1. The number of fused-ring (bicyclic) bond motifs is 3. The van der Waals surface area contributed by atoms with Gasteiger partial charge >= 0.3 is 0 Å². The number of nitrogens with zero attached hydrogens (tertiary/aromatic N) is 5. The van der Waals surface area contributed by atoms with Gasteiger partial charge < -0.3 is 19.7 Å². The largest absolute Gasteiger partial charge is 0.507 e. The molecule has 0 radical (unpaired) electrons. The summed E-state index contributed by atoms with van der Waals surface area (Å²) in [4.78, 5) is 18.1. The molecule has 5 atom stereocenters. The minimum atomic E-state index is -1.08. The van der Waals surface area contributed by atoms with Gasteiger partial charge in [0.2, 0.25) is 0 Å². The highest BCUT2D eigenvalue weighted by atomic mass is 19.1. The zero-order chi connectivity index (χ0) is 23.3. The molecule has 2 saturated heterocycles. The van der Waals surface area contributed by atoms with Crippen LogP contribution in [-0.4, -0.2) is 61.5 Å². The lowest BCUT2D eigenvalue weighted by Gasteiger charge is -2.50. The summed E-state index contributed by atoms with van der Waals surface area (Å²) >= 11 is 0. The van der Waals surface area contributed by atoms with Crippen LogP contribution < -0.4 is 15.8 Å². The van der Waals surface area contributed by atoms with E-state index in [9.17, 15) is 19.4 Å². The number of rotatable bonds is 4. The van der Waals surface area contributed by atoms with Gasteiger partial charge in [0.15, 0.2) is 11.6 Å². The number of phenols is 1. The summed E-state index contributed by atoms with van der Waals surface area (Å²) in [6.07, 6.45) is 2.34. The molecule has 1 aliphatic carbocycles. The van der Waals surface area contributed by atoms with Gasteiger partial charge in [-0.1, -0.05) is 6.07 Å². The SMILES string of the molecule is CN(c1cnc(-c2ccc(-c3ccn(C)c(=O)c3)cc2O)nn1)[C@H]1CC2C[C@@H](F)C1[C@H](O)N2. The average Bonchev–Trinajstić information content (AvgIpc) is 2.80. The van der Waals surface area contributed by atoms with Crippen molar-refractivity contribution in [2.24, 2.45) is 13.0 Å². The maximum absolute atomic E-state index is 14.5. The number of pyridine rings is 1. The number of halogens is 1. The topological polar surface area (TPSA) is 116 Å². The Bertz CT molecular complexity index is 1220. The number of anilines is 1. The molecular weight excluding hydrogens is 427 g/mol. The van der Waals surface area contributed by atoms with Crippen LogP contribution >= 0.6 is 0 Å². The Labute approximate surface area is 189 Å². The van der Waals surface area contributed by atoms with Crippen molar-refractivity contribution in [3.63, 3.8) is 0 Å². The van der Waals surface area contributed by atoms with Gasteiger partial charge in [-0.05, 0) is 42.2 Å².